The Hall–Kier alpha value is -3.04. The van der Waals surface area contributed by atoms with E-state index in [4.69, 9.17) is 9.15 Å². The van der Waals surface area contributed by atoms with Crippen molar-refractivity contribution in [1.29, 1.82) is 0 Å². The van der Waals surface area contributed by atoms with Crippen molar-refractivity contribution in [3.63, 3.8) is 0 Å². The monoisotopic (exact) mass is 469 g/mol. The van der Waals surface area contributed by atoms with Gasteiger partial charge in [-0.05, 0) is 63.4 Å². The maximum absolute atomic E-state index is 13.1. The Labute approximate surface area is 193 Å². The van der Waals surface area contributed by atoms with E-state index in [-0.39, 0.29) is 16.3 Å². The maximum Gasteiger partial charge on any atom is 0.338 e. The van der Waals surface area contributed by atoms with Gasteiger partial charge in [-0.25, -0.2) is 13.2 Å². The minimum absolute atomic E-state index is 0.131. The van der Waals surface area contributed by atoms with E-state index < -0.39 is 22.1 Å². The molecule has 8 nitrogen and oxygen atoms in total. The van der Waals surface area contributed by atoms with Crippen molar-refractivity contribution < 1.29 is 22.4 Å². The number of nitrogens with zero attached hydrogens (tertiary/aromatic N) is 3. The molecule has 0 aliphatic carbocycles. The lowest BCUT2D eigenvalue weighted by molar-refractivity contribution is 0.0279. The molecule has 1 atom stereocenters. The van der Waals surface area contributed by atoms with Gasteiger partial charge in [-0.15, -0.1) is 10.2 Å². The SMILES string of the molecule is Cc1cccc(-c2nnc([C@H](C)OC(=O)c3ccc(C)c(S(=O)(=O)N4CCCCC4)c3)o2)c1. The number of sulfonamides is 1. The second-order valence-corrected chi connectivity index (χ2v) is 10.2. The number of hydrogen-bond donors (Lipinski definition) is 0. The summed E-state index contributed by atoms with van der Waals surface area (Å²) in [6.07, 6.45) is 1.90. The summed E-state index contributed by atoms with van der Waals surface area (Å²) in [6.45, 7) is 6.30. The Morgan fingerprint density at radius 2 is 1.82 bits per heavy atom. The molecule has 0 saturated carbocycles. The van der Waals surface area contributed by atoms with Crippen LogP contribution >= 0.6 is 0 Å². The van der Waals surface area contributed by atoms with E-state index in [0.29, 0.717) is 24.5 Å². The number of esters is 1. The van der Waals surface area contributed by atoms with Gasteiger partial charge in [-0.1, -0.05) is 30.2 Å². The molecule has 1 aliphatic rings. The Morgan fingerprint density at radius 1 is 1.06 bits per heavy atom. The fraction of sp³-hybridized carbons (Fsp3) is 0.375. The summed E-state index contributed by atoms with van der Waals surface area (Å²) in [4.78, 5) is 12.9. The normalized spacial score (nSPS) is 15.8. The van der Waals surface area contributed by atoms with E-state index in [0.717, 1.165) is 30.4 Å². The minimum atomic E-state index is -3.68. The summed E-state index contributed by atoms with van der Waals surface area (Å²) in [6, 6.07) is 12.2. The largest absolute Gasteiger partial charge is 0.449 e. The third-order valence-electron chi connectivity index (χ3n) is 5.69. The Morgan fingerprint density at radius 3 is 2.55 bits per heavy atom. The topological polar surface area (TPSA) is 103 Å². The Kier molecular flexibility index (Phi) is 6.62. The molecule has 3 aromatic rings. The first-order chi connectivity index (χ1) is 15.8. The standard InChI is InChI=1S/C24H27N3O5S/c1-16-8-7-9-19(14-16)23-26-25-22(32-23)18(3)31-24(28)20-11-10-17(2)21(15-20)33(29,30)27-12-5-4-6-13-27/h7-11,14-15,18H,4-6,12-13H2,1-3H3/t18-/m0/s1. The lowest BCUT2D eigenvalue weighted by Crippen LogP contribution is -2.36. The van der Waals surface area contributed by atoms with Gasteiger partial charge in [0.15, 0.2) is 6.10 Å². The molecule has 0 spiro atoms. The highest BCUT2D eigenvalue weighted by atomic mass is 32.2. The van der Waals surface area contributed by atoms with Crippen molar-refractivity contribution in [3.8, 4) is 11.5 Å². The van der Waals surface area contributed by atoms with Crippen LogP contribution in [0, 0.1) is 13.8 Å². The molecule has 0 amide bonds. The molecule has 2 aromatic carbocycles. The number of ether oxygens (including phenoxy) is 1. The second-order valence-electron chi connectivity index (χ2n) is 8.31. The highest BCUT2D eigenvalue weighted by molar-refractivity contribution is 7.89. The fourth-order valence-corrected chi connectivity index (χ4v) is 5.59. The number of benzene rings is 2. The quantitative estimate of drug-likeness (QED) is 0.492. The van der Waals surface area contributed by atoms with Crippen molar-refractivity contribution in [1.82, 2.24) is 14.5 Å². The predicted molar refractivity (Wildman–Crippen MR) is 122 cm³/mol. The molecule has 33 heavy (non-hydrogen) atoms. The van der Waals surface area contributed by atoms with Gasteiger partial charge in [0.1, 0.15) is 0 Å². The Balaban J connectivity index is 1.51. The van der Waals surface area contributed by atoms with Gasteiger partial charge in [-0.2, -0.15) is 4.31 Å². The van der Waals surface area contributed by atoms with Crippen LogP contribution in [0.2, 0.25) is 0 Å². The summed E-state index contributed by atoms with van der Waals surface area (Å²) in [5.41, 5.74) is 2.58. The first kappa shape index (κ1) is 23.1. The zero-order valence-corrected chi connectivity index (χ0v) is 19.8. The lowest BCUT2D eigenvalue weighted by atomic mass is 10.1. The van der Waals surface area contributed by atoms with Crippen LogP contribution < -0.4 is 0 Å². The smallest absolute Gasteiger partial charge is 0.338 e. The lowest BCUT2D eigenvalue weighted by Gasteiger charge is -2.26. The van der Waals surface area contributed by atoms with Crippen LogP contribution in [0.1, 0.15) is 59.7 Å². The van der Waals surface area contributed by atoms with Gasteiger partial charge in [0.2, 0.25) is 15.9 Å². The van der Waals surface area contributed by atoms with Crippen molar-refractivity contribution in [2.75, 3.05) is 13.1 Å². The minimum Gasteiger partial charge on any atom is -0.449 e. The van der Waals surface area contributed by atoms with E-state index in [1.165, 1.54) is 10.4 Å². The molecular weight excluding hydrogens is 442 g/mol. The summed E-state index contributed by atoms with van der Waals surface area (Å²) in [5.74, 6) is -0.164. The van der Waals surface area contributed by atoms with Crippen LogP contribution in [0.5, 0.6) is 0 Å². The van der Waals surface area contributed by atoms with Crippen LogP contribution in [-0.4, -0.2) is 42.0 Å². The number of hydrogen-bond acceptors (Lipinski definition) is 7. The molecule has 174 valence electrons. The molecule has 9 heteroatoms. The zero-order chi connectivity index (χ0) is 23.6. The molecule has 1 saturated heterocycles. The van der Waals surface area contributed by atoms with E-state index in [1.807, 2.05) is 31.2 Å². The number of carbonyl (C=O) groups is 1. The highest BCUT2D eigenvalue weighted by Gasteiger charge is 2.29. The van der Waals surface area contributed by atoms with E-state index in [1.54, 1.807) is 26.0 Å². The van der Waals surface area contributed by atoms with E-state index in [2.05, 4.69) is 10.2 Å². The number of piperidine rings is 1. The Bertz CT molecular complexity index is 1260. The van der Waals surface area contributed by atoms with Gasteiger partial charge in [0, 0.05) is 18.7 Å². The molecule has 0 N–H and O–H groups in total. The molecule has 0 radical (unpaired) electrons. The number of aromatic nitrogens is 2. The van der Waals surface area contributed by atoms with Gasteiger partial charge in [-0.3, -0.25) is 0 Å². The molecule has 1 fully saturated rings. The third-order valence-corrected chi connectivity index (χ3v) is 7.73. The third kappa shape index (κ3) is 4.99. The molecule has 4 rings (SSSR count). The molecule has 1 aromatic heterocycles. The van der Waals surface area contributed by atoms with Crippen LogP contribution in [0.15, 0.2) is 51.8 Å². The summed E-state index contributed by atoms with van der Waals surface area (Å²) in [5, 5.41) is 8.05. The first-order valence-corrected chi connectivity index (χ1v) is 12.4. The summed E-state index contributed by atoms with van der Waals surface area (Å²) >= 11 is 0. The van der Waals surface area contributed by atoms with Crippen molar-refractivity contribution in [2.24, 2.45) is 0 Å². The van der Waals surface area contributed by atoms with Gasteiger partial charge in [0.25, 0.3) is 5.89 Å². The van der Waals surface area contributed by atoms with Gasteiger partial charge >= 0.3 is 5.97 Å². The summed E-state index contributed by atoms with van der Waals surface area (Å²) < 4.78 is 38.9. The van der Waals surface area contributed by atoms with Crippen molar-refractivity contribution >= 4 is 16.0 Å². The van der Waals surface area contributed by atoms with E-state index in [9.17, 15) is 13.2 Å². The van der Waals surface area contributed by atoms with Crippen LogP contribution in [0.3, 0.4) is 0 Å². The average molecular weight is 470 g/mol. The number of carbonyl (C=O) groups excluding carboxylic acids is 1. The maximum atomic E-state index is 13.1. The molecule has 0 unspecified atom stereocenters. The van der Waals surface area contributed by atoms with E-state index >= 15 is 0 Å². The molecule has 2 heterocycles. The fourth-order valence-electron chi connectivity index (χ4n) is 3.82. The van der Waals surface area contributed by atoms with Crippen LogP contribution in [-0.2, 0) is 14.8 Å². The zero-order valence-electron chi connectivity index (χ0n) is 18.9. The van der Waals surface area contributed by atoms with Gasteiger partial charge in [0.05, 0.1) is 10.5 Å². The molecular formula is C24H27N3O5S. The number of rotatable bonds is 6. The summed E-state index contributed by atoms with van der Waals surface area (Å²) in [7, 11) is -3.68. The van der Waals surface area contributed by atoms with Crippen molar-refractivity contribution in [2.45, 2.75) is 51.0 Å². The van der Waals surface area contributed by atoms with Crippen molar-refractivity contribution in [3.05, 3.63) is 65.0 Å². The van der Waals surface area contributed by atoms with Crippen LogP contribution in [0.4, 0.5) is 0 Å². The first-order valence-electron chi connectivity index (χ1n) is 11.0. The average Bonchev–Trinajstić information content (AvgIpc) is 3.30. The molecule has 0 bridgehead atoms. The predicted octanol–water partition coefficient (Wildman–Crippen LogP) is 4.45. The van der Waals surface area contributed by atoms with Gasteiger partial charge < -0.3 is 9.15 Å². The molecule has 1 aliphatic heterocycles. The number of aryl methyl sites for hydroxylation is 2. The highest BCUT2D eigenvalue weighted by Crippen LogP contribution is 2.27. The van der Waals surface area contributed by atoms with Crippen LogP contribution in [0.25, 0.3) is 11.5 Å². The second kappa shape index (κ2) is 9.44.